The Morgan fingerprint density at radius 1 is 1.42 bits per heavy atom. The van der Waals surface area contributed by atoms with E-state index in [1.807, 2.05) is 19.9 Å². The molecular formula is C14H19N3O2. The van der Waals surface area contributed by atoms with Gasteiger partial charge in [0, 0.05) is 13.1 Å². The Hall–Kier alpha value is -1.88. The van der Waals surface area contributed by atoms with Gasteiger partial charge < -0.3 is 11.1 Å². The summed E-state index contributed by atoms with van der Waals surface area (Å²) in [7, 11) is 0. The van der Waals surface area contributed by atoms with Gasteiger partial charge >= 0.3 is 6.03 Å². The lowest BCUT2D eigenvalue weighted by Gasteiger charge is -2.38. The summed E-state index contributed by atoms with van der Waals surface area (Å²) in [5, 5.41) is 2.77. The largest absolute Gasteiger partial charge is 0.336 e. The highest BCUT2D eigenvalue weighted by Crippen LogP contribution is 2.30. The van der Waals surface area contributed by atoms with E-state index in [2.05, 4.69) is 5.32 Å². The number of nitrogens with one attached hydrogen (secondary N) is 1. The summed E-state index contributed by atoms with van der Waals surface area (Å²) in [6.07, 6.45) is 0.680. The molecule has 1 heterocycles. The number of rotatable bonds is 3. The zero-order valence-corrected chi connectivity index (χ0v) is 11.3. The lowest BCUT2D eigenvalue weighted by Crippen LogP contribution is -2.59. The molecule has 1 unspecified atom stereocenters. The van der Waals surface area contributed by atoms with E-state index in [1.54, 1.807) is 18.2 Å². The molecule has 1 aliphatic rings. The van der Waals surface area contributed by atoms with Crippen molar-refractivity contribution >= 4 is 17.6 Å². The van der Waals surface area contributed by atoms with E-state index in [0.29, 0.717) is 25.2 Å². The third kappa shape index (κ3) is 2.33. The molecule has 1 fully saturated rings. The Morgan fingerprint density at radius 3 is 2.79 bits per heavy atom. The highest BCUT2D eigenvalue weighted by Gasteiger charge is 2.43. The van der Waals surface area contributed by atoms with E-state index in [4.69, 9.17) is 5.73 Å². The summed E-state index contributed by atoms with van der Waals surface area (Å²) in [4.78, 5) is 25.7. The highest BCUT2D eigenvalue weighted by atomic mass is 16.2. The number of anilines is 1. The lowest BCUT2D eigenvalue weighted by atomic mass is 9.84. The van der Waals surface area contributed by atoms with Gasteiger partial charge in [-0.2, -0.15) is 0 Å². The van der Waals surface area contributed by atoms with E-state index in [0.717, 1.165) is 5.56 Å². The van der Waals surface area contributed by atoms with E-state index < -0.39 is 5.41 Å². The van der Waals surface area contributed by atoms with Crippen molar-refractivity contribution in [3.63, 3.8) is 0 Å². The van der Waals surface area contributed by atoms with Crippen LogP contribution in [0.2, 0.25) is 0 Å². The second kappa shape index (κ2) is 5.01. The van der Waals surface area contributed by atoms with Crippen LogP contribution in [-0.2, 0) is 11.3 Å². The van der Waals surface area contributed by atoms with E-state index >= 15 is 0 Å². The zero-order valence-electron chi connectivity index (χ0n) is 11.3. The first-order chi connectivity index (χ1) is 9.01. The van der Waals surface area contributed by atoms with Gasteiger partial charge in [0.2, 0.25) is 5.91 Å². The van der Waals surface area contributed by atoms with Gasteiger partial charge in [-0.1, -0.05) is 19.1 Å². The SMILES string of the molecule is CCC1(C)CNC(=O)N(c2cccc(CN)c2)C1=O. The van der Waals surface area contributed by atoms with Crippen molar-refractivity contribution in [3.8, 4) is 0 Å². The third-order valence-electron chi connectivity index (χ3n) is 3.74. The highest BCUT2D eigenvalue weighted by molar-refractivity contribution is 6.17. The van der Waals surface area contributed by atoms with Crippen molar-refractivity contribution in [3.05, 3.63) is 29.8 Å². The summed E-state index contributed by atoms with van der Waals surface area (Å²) < 4.78 is 0. The van der Waals surface area contributed by atoms with Crippen molar-refractivity contribution in [1.29, 1.82) is 0 Å². The van der Waals surface area contributed by atoms with Crippen LogP contribution in [0.1, 0.15) is 25.8 Å². The van der Waals surface area contributed by atoms with Crippen LogP contribution in [0, 0.1) is 5.41 Å². The Balaban J connectivity index is 2.40. The Bertz CT molecular complexity index is 515. The molecule has 5 nitrogen and oxygen atoms in total. The predicted molar refractivity (Wildman–Crippen MR) is 73.6 cm³/mol. The minimum absolute atomic E-state index is 0.159. The molecule has 0 aliphatic carbocycles. The van der Waals surface area contributed by atoms with Crippen LogP contribution >= 0.6 is 0 Å². The number of hydrogen-bond donors (Lipinski definition) is 2. The molecule has 1 aromatic carbocycles. The van der Waals surface area contributed by atoms with Crippen LogP contribution < -0.4 is 16.0 Å². The fraction of sp³-hybridized carbons (Fsp3) is 0.429. The summed E-state index contributed by atoms with van der Waals surface area (Å²) >= 11 is 0. The van der Waals surface area contributed by atoms with Crippen molar-refractivity contribution in [1.82, 2.24) is 5.32 Å². The molecule has 1 saturated heterocycles. The van der Waals surface area contributed by atoms with Gasteiger partial charge in [0.1, 0.15) is 0 Å². The van der Waals surface area contributed by atoms with Crippen LogP contribution in [0.5, 0.6) is 0 Å². The molecule has 1 atom stereocenters. The van der Waals surface area contributed by atoms with Gasteiger partial charge in [0.15, 0.2) is 0 Å². The molecule has 3 N–H and O–H groups in total. The monoisotopic (exact) mass is 261 g/mol. The summed E-state index contributed by atoms with van der Waals surface area (Å²) in [6.45, 7) is 4.58. The number of hydrogen-bond acceptors (Lipinski definition) is 3. The number of amides is 3. The predicted octanol–water partition coefficient (Wildman–Crippen LogP) is 1.62. The first-order valence-electron chi connectivity index (χ1n) is 6.43. The fourth-order valence-electron chi connectivity index (χ4n) is 2.12. The average Bonchev–Trinajstić information content (AvgIpc) is 2.44. The number of nitrogens with two attached hydrogens (primary N) is 1. The van der Waals surface area contributed by atoms with E-state index in [1.165, 1.54) is 4.90 Å². The number of urea groups is 1. The maximum Gasteiger partial charge on any atom is 0.328 e. The molecule has 0 radical (unpaired) electrons. The first-order valence-corrected chi connectivity index (χ1v) is 6.43. The standard InChI is InChI=1S/C14H19N3O2/c1-3-14(2)9-16-13(19)17(12(14)18)11-6-4-5-10(7-11)8-15/h4-7H,3,8-9,15H2,1-2H3,(H,16,19). The molecule has 0 spiro atoms. The second-order valence-electron chi connectivity index (χ2n) is 5.09. The zero-order chi connectivity index (χ0) is 14.0. The molecule has 2 rings (SSSR count). The van der Waals surface area contributed by atoms with Gasteiger partial charge in [0.05, 0.1) is 11.1 Å². The minimum Gasteiger partial charge on any atom is -0.336 e. The minimum atomic E-state index is -0.549. The Labute approximate surface area is 112 Å². The number of benzene rings is 1. The molecule has 3 amide bonds. The van der Waals surface area contributed by atoms with Crippen LogP contribution in [0.15, 0.2) is 24.3 Å². The Kier molecular flexibility index (Phi) is 3.57. The normalized spacial score (nSPS) is 23.4. The summed E-state index contributed by atoms with van der Waals surface area (Å²) in [6, 6.07) is 6.83. The smallest absolute Gasteiger partial charge is 0.328 e. The summed E-state index contributed by atoms with van der Waals surface area (Å²) in [5.41, 5.74) is 6.51. The van der Waals surface area contributed by atoms with Gasteiger partial charge in [-0.3, -0.25) is 4.79 Å². The van der Waals surface area contributed by atoms with Gasteiger partial charge in [0.25, 0.3) is 0 Å². The van der Waals surface area contributed by atoms with Crippen molar-refractivity contribution in [2.24, 2.45) is 11.1 Å². The maximum absolute atomic E-state index is 12.5. The molecule has 1 aliphatic heterocycles. The first kappa shape index (κ1) is 13.5. The second-order valence-corrected chi connectivity index (χ2v) is 5.09. The molecule has 0 aromatic heterocycles. The topological polar surface area (TPSA) is 75.4 Å². The average molecular weight is 261 g/mol. The van der Waals surface area contributed by atoms with Crippen LogP contribution in [0.25, 0.3) is 0 Å². The van der Waals surface area contributed by atoms with Crippen LogP contribution in [0.4, 0.5) is 10.5 Å². The van der Waals surface area contributed by atoms with Crippen molar-refractivity contribution < 1.29 is 9.59 Å². The number of carbonyl (C=O) groups is 2. The lowest BCUT2D eigenvalue weighted by molar-refractivity contribution is -0.127. The number of nitrogens with zero attached hydrogens (tertiary/aromatic N) is 1. The number of imide groups is 1. The number of carbonyl (C=O) groups excluding carboxylic acids is 2. The maximum atomic E-state index is 12.5. The van der Waals surface area contributed by atoms with E-state index in [-0.39, 0.29) is 11.9 Å². The molecule has 5 heteroatoms. The van der Waals surface area contributed by atoms with Crippen molar-refractivity contribution in [2.45, 2.75) is 26.8 Å². The van der Waals surface area contributed by atoms with Gasteiger partial charge in [-0.15, -0.1) is 0 Å². The quantitative estimate of drug-likeness (QED) is 0.868. The van der Waals surface area contributed by atoms with Gasteiger partial charge in [-0.25, -0.2) is 9.69 Å². The van der Waals surface area contributed by atoms with Crippen LogP contribution in [0.3, 0.4) is 0 Å². The van der Waals surface area contributed by atoms with Crippen LogP contribution in [-0.4, -0.2) is 18.5 Å². The fourth-order valence-corrected chi connectivity index (χ4v) is 2.12. The molecule has 102 valence electrons. The summed E-state index contributed by atoms with van der Waals surface area (Å²) in [5.74, 6) is -0.159. The Morgan fingerprint density at radius 2 is 2.16 bits per heavy atom. The van der Waals surface area contributed by atoms with E-state index in [9.17, 15) is 9.59 Å². The molecule has 1 aromatic rings. The molecule has 0 bridgehead atoms. The third-order valence-corrected chi connectivity index (χ3v) is 3.74. The molecule has 19 heavy (non-hydrogen) atoms. The van der Waals surface area contributed by atoms with Crippen molar-refractivity contribution in [2.75, 3.05) is 11.4 Å². The molecular weight excluding hydrogens is 242 g/mol. The molecule has 0 saturated carbocycles. The van der Waals surface area contributed by atoms with Gasteiger partial charge in [-0.05, 0) is 31.0 Å².